The second-order valence-corrected chi connectivity index (χ2v) is 6.38. The molecule has 0 atom stereocenters. The van der Waals surface area contributed by atoms with Crippen molar-refractivity contribution < 1.29 is 9.72 Å². The molecule has 0 unspecified atom stereocenters. The molecule has 0 aliphatic carbocycles. The number of benzene rings is 3. The molecule has 136 valence electrons. The van der Waals surface area contributed by atoms with Crippen molar-refractivity contribution in [2.24, 2.45) is 0 Å². The van der Waals surface area contributed by atoms with Crippen LogP contribution in [-0.4, -0.2) is 10.8 Å². The van der Waals surface area contributed by atoms with Crippen molar-refractivity contribution in [2.75, 3.05) is 5.32 Å². The van der Waals surface area contributed by atoms with Crippen molar-refractivity contribution in [1.29, 1.82) is 0 Å². The fourth-order valence-electron chi connectivity index (χ4n) is 3.09. The first kappa shape index (κ1) is 18.3. The first-order chi connectivity index (χ1) is 13.0. The smallest absolute Gasteiger partial charge is 0.269 e. The fourth-order valence-corrected chi connectivity index (χ4v) is 3.09. The van der Waals surface area contributed by atoms with Crippen LogP contribution in [-0.2, 0) is 4.79 Å². The second kappa shape index (κ2) is 8.27. The highest BCUT2D eigenvalue weighted by atomic mass is 16.6. The van der Waals surface area contributed by atoms with Crippen molar-refractivity contribution in [3.05, 3.63) is 106 Å². The number of nitrogens with zero attached hydrogens (tertiary/aromatic N) is 1. The topological polar surface area (TPSA) is 72.2 Å². The van der Waals surface area contributed by atoms with Gasteiger partial charge in [-0.2, -0.15) is 0 Å². The third-order valence-corrected chi connectivity index (χ3v) is 4.49. The molecule has 0 aliphatic rings. The standard InChI is InChI=1S/C22H20N2O3/c1-16-14-19(24(26)27)12-13-21(16)23-22(25)15-20(17-8-4-2-5-9-17)18-10-6-3-7-11-18/h2-14,20H,15H2,1H3,(H,23,25). The summed E-state index contributed by atoms with van der Waals surface area (Å²) >= 11 is 0. The number of nitrogens with one attached hydrogen (secondary N) is 1. The number of hydrogen-bond acceptors (Lipinski definition) is 3. The molecule has 0 aliphatic heterocycles. The summed E-state index contributed by atoms with van der Waals surface area (Å²) < 4.78 is 0. The summed E-state index contributed by atoms with van der Waals surface area (Å²) in [6, 6.07) is 24.2. The van der Waals surface area contributed by atoms with Crippen molar-refractivity contribution in [3.8, 4) is 0 Å². The van der Waals surface area contributed by atoms with E-state index < -0.39 is 4.92 Å². The van der Waals surface area contributed by atoms with Gasteiger partial charge in [0.2, 0.25) is 5.91 Å². The molecule has 0 saturated carbocycles. The molecule has 5 heteroatoms. The predicted molar refractivity (Wildman–Crippen MR) is 106 cm³/mol. The van der Waals surface area contributed by atoms with E-state index in [0.29, 0.717) is 11.3 Å². The Morgan fingerprint density at radius 2 is 1.52 bits per heavy atom. The van der Waals surface area contributed by atoms with Gasteiger partial charge in [-0.05, 0) is 29.7 Å². The number of carbonyl (C=O) groups excluding carboxylic acids is 1. The van der Waals surface area contributed by atoms with Gasteiger partial charge in [0.05, 0.1) is 4.92 Å². The van der Waals surface area contributed by atoms with Crippen molar-refractivity contribution in [3.63, 3.8) is 0 Å². The summed E-state index contributed by atoms with van der Waals surface area (Å²) in [5.41, 5.74) is 3.40. The van der Waals surface area contributed by atoms with E-state index in [1.807, 2.05) is 60.7 Å². The first-order valence-electron chi connectivity index (χ1n) is 8.69. The minimum absolute atomic E-state index is 0.0111. The molecule has 0 spiro atoms. The number of anilines is 1. The Kier molecular flexibility index (Phi) is 5.61. The molecule has 3 aromatic rings. The average Bonchev–Trinajstić information content (AvgIpc) is 2.69. The number of nitro benzene ring substituents is 1. The predicted octanol–water partition coefficient (Wildman–Crippen LogP) is 5.06. The molecule has 0 heterocycles. The lowest BCUT2D eigenvalue weighted by Gasteiger charge is -2.18. The SMILES string of the molecule is Cc1cc([N+](=O)[O-])ccc1NC(=O)CC(c1ccccc1)c1ccccc1. The van der Waals surface area contributed by atoms with E-state index in [1.54, 1.807) is 13.0 Å². The van der Waals surface area contributed by atoms with E-state index in [1.165, 1.54) is 12.1 Å². The highest BCUT2D eigenvalue weighted by Gasteiger charge is 2.19. The van der Waals surface area contributed by atoms with Gasteiger partial charge < -0.3 is 5.32 Å². The third kappa shape index (κ3) is 4.58. The van der Waals surface area contributed by atoms with Gasteiger partial charge in [-0.15, -0.1) is 0 Å². The highest BCUT2D eigenvalue weighted by Crippen LogP contribution is 2.29. The number of rotatable bonds is 6. The number of aryl methyl sites for hydroxylation is 1. The van der Waals surface area contributed by atoms with Crippen LogP contribution < -0.4 is 5.32 Å². The summed E-state index contributed by atoms with van der Waals surface area (Å²) in [6.45, 7) is 1.74. The average molecular weight is 360 g/mol. The zero-order valence-corrected chi connectivity index (χ0v) is 15.0. The molecule has 3 rings (SSSR count). The van der Waals surface area contributed by atoms with E-state index in [0.717, 1.165) is 11.1 Å². The van der Waals surface area contributed by atoms with Gasteiger partial charge in [-0.25, -0.2) is 0 Å². The Labute approximate surface area is 157 Å². The molecule has 0 fully saturated rings. The summed E-state index contributed by atoms with van der Waals surface area (Å²) in [5, 5.41) is 13.7. The van der Waals surface area contributed by atoms with E-state index >= 15 is 0 Å². The molecular weight excluding hydrogens is 340 g/mol. The van der Waals surface area contributed by atoms with Gasteiger partial charge in [-0.1, -0.05) is 60.7 Å². The van der Waals surface area contributed by atoms with Crippen LogP contribution in [0.2, 0.25) is 0 Å². The second-order valence-electron chi connectivity index (χ2n) is 6.38. The van der Waals surface area contributed by atoms with Crippen LogP contribution in [0, 0.1) is 17.0 Å². The van der Waals surface area contributed by atoms with Crippen LogP contribution in [0.4, 0.5) is 11.4 Å². The maximum absolute atomic E-state index is 12.7. The Bertz CT molecular complexity index is 901. The molecule has 5 nitrogen and oxygen atoms in total. The minimum atomic E-state index is -0.445. The van der Waals surface area contributed by atoms with E-state index in [-0.39, 0.29) is 23.9 Å². The van der Waals surface area contributed by atoms with Crippen molar-refractivity contribution >= 4 is 17.3 Å². The van der Waals surface area contributed by atoms with E-state index in [9.17, 15) is 14.9 Å². The van der Waals surface area contributed by atoms with Gasteiger partial charge in [0, 0.05) is 30.2 Å². The zero-order valence-electron chi connectivity index (χ0n) is 15.0. The zero-order chi connectivity index (χ0) is 19.2. The quantitative estimate of drug-likeness (QED) is 0.493. The molecule has 0 bridgehead atoms. The van der Waals surface area contributed by atoms with Gasteiger partial charge >= 0.3 is 0 Å². The fraction of sp³-hybridized carbons (Fsp3) is 0.136. The Balaban J connectivity index is 1.80. The number of non-ortho nitro benzene ring substituents is 1. The molecule has 0 aromatic heterocycles. The lowest BCUT2D eigenvalue weighted by molar-refractivity contribution is -0.384. The molecular formula is C22H20N2O3. The summed E-state index contributed by atoms with van der Waals surface area (Å²) in [7, 11) is 0. The Hall–Kier alpha value is -3.47. The van der Waals surface area contributed by atoms with Crippen LogP contribution in [0.1, 0.15) is 29.0 Å². The molecule has 0 radical (unpaired) electrons. The summed E-state index contributed by atoms with van der Waals surface area (Å²) in [4.78, 5) is 23.1. The van der Waals surface area contributed by atoms with Gasteiger partial charge in [0.15, 0.2) is 0 Å². The van der Waals surface area contributed by atoms with Crippen molar-refractivity contribution in [1.82, 2.24) is 0 Å². The van der Waals surface area contributed by atoms with Crippen LogP contribution in [0.25, 0.3) is 0 Å². The number of nitro groups is 1. The largest absolute Gasteiger partial charge is 0.326 e. The van der Waals surface area contributed by atoms with Gasteiger partial charge in [-0.3, -0.25) is 14.9 Å². The molecule has 3 aromatic carbocycles. The monoisotopic (exact) mass is 360 g/mol. The van der Waals surface area contributed by atoms with Gasteiger partial charge in [0.1, 0.15) is 0 Å². The summed E-state index contributed by atoms with van der Waals surface area (Å²) in [6.07, 6.45) is 0.282. The number of amides is 1. The van der Waals surface area contributed by atoms with Crippen LogP contribution in [0.15, 0.2) is 78.9 Å². The van der Waals surface area contributed by atoms with Crippen molar-refractivity contribution in [2.45, 2.75) is 19.3 Å². The van der Waals surface area contributed by atoms with Crippen LogP contribution >= 0.6 is 0 Å². The lowest BCUT2D eigenvalue weighted by Crippen LogP contribution is -2.17. The molecule has 27 heavy (non-hydrogen) atoms. The Morgan fingerprint density at radius 3 is 2.00 bits per heavy atom. The normalized spacial score (nSPS) is 10.6. The maximum atomic E-state index is 12.7. The third-order valence-electron chi connectivity index (χ3n) is 4.49. The first-order valence-corrected chi connectivity index (χ1v) is 8.69. The van der Waals surface area contributed by atoms with Crippen LogP contribution in [0.3, 0.4) is 0 Å². The maximum Gasteiger partial charge on any atom is 0.269 e. The van der Waals surface area contributed by atoms with E-state index in [2.05, 4.69) is 5.32 Å². The number of hydrogen-bond donors (Lipinski definition) is 1. The van der Waals surface area contributed by atoms with Gasteiger partial charge in [0.25, 0.3) is 5.69 Å². The highest BCUT2D eigenvalue weighted by molar-refractivity contribution is 5.92. The lowest BCUT2D eigenvalue weighted by atomic mass is 9.88. The molecule has 1 N–H and O–H groups in total. The Morgan fingerprint density at radius 1 is 0.963 bits per heavy atom. The molecule has 1 amide bonds. The molecule has 0 saturated heterocycles. The number of carbonyl (C=O) groups is 1. The summed E-state index contributed by atoms with van der Waals surface area (Å²) in [5.74, 6) is -0.199. The van der Waals surface area contributed by atoms with Crippen LogP contribution in [0.5, 0.6) is 0 Å². The minimum Gasteiger partial charge on any atom is -0.326 e. The van der Waals surface area contributed by atoms with E-state index in [4.69, 9.17) is 0 Å².